The maximum atomic E-state index is 12.3. The molecule has 3 rings (SSSR count). The molecule has 2 amide bonds. The fraction of sp³-hybridized carbons (Fsp3) is 0.125. The Labute approximate surface area is 180 Å². The standard InChI is InChI=1S/C24H22N2O5/c1-16-8-9-18(24(29)30-2)14-21(16)26-22(27)15-25-23(28)17-10-12-20(13-11-17)31-19-6-4-3-5-7-19/h3-14H,15H2,1-2H3,(H,25,28)(H,26,27). The van der Waals surface area contributed by atoms with Gasteiger partial charge < -0.3 is 20.1 Å². The molecule has 0 spiro atoms. The van der Waals surface area contributed by atoms with E-state index in [0.717, 1.165) is 5.56 Å². The molecule has 0 heterocycles. The molecule has 0 aliphatic rings. The monoisotopic (exact) mass is 418 g/mol. The van der Waals surface area contributed by atoms with Gasteiger partial charge in [0.2, 0.25) is 5.91 Å². The largest absolute Gasteiger partial charge is 0.465 e. The van der Waals surface area contributed by atoms with Crippen molar-refractivity contribution in [3.8, 4) is 11.5 Å². The molecule has 0 aromatic heterocycles. The summed E-state index contributed by atoms with van der Waals surface area (Å²) in [6, 6.07) is 20.8. The number of methoxy groups -OCH3 is 1. The minimum Gasteiger partial charge on any atom is -0.465 e. The molecule has 0 saturated heterocycles. The molecule has 7 nitrogen and oxygen atoms in total. The topological polar surface area (TPSA) is 93.7 Å². The minimum absolute atomic E-state index is 0.219. The lowest BCUT2D eigenvalue weighted by atomic mass is 10.1. The van der Waals surface area contributed by atoms with Crippen molar-refractivity contribution in [2.45, 2.75) is 6.92 Å². The summed E-state index contributed by atoms with van der Waals surface area (Å²) in [5.74, 6) is -0.00294. The summed E-state index contributed by atoms with van der Waals surface area (Å²) in [6.45, 7) is 1.58. The van der Waals surface area contributed by atoms with Gasteiger partial charge in [0.1, 0.15) is 11.5 Å². The summed E-state index contributed by atoms with van der Waals surface area (Å²) in [5, 5.41) is 5.26. The zero-order chi connectivity index (χ0) is 22.2. The number of nitrogens with one attached hydrogen (secondary N) is 2. The van der Waals surface area contributed by atoms with Crippen LogP contribution in [0.3, 0.4) is 0 Å². The summed E-state index contributed by atoms with van der Waals surface area (Å²) < 4.78 is 10.4. The van der Waals surface area contributed by atoms with E-state index in [9.17, 15) is 14.4 Å². The van der Waals surface area contributed by atoms with E-state index in [1.54, 1.807) is 43.3 Å². The Bertz CT molecular complexity index is 1080. The van der Waals surface area contributed by atoms with Gasteiger partial charge >= 0.3 is 5.97 Å². The quantitative estimate of drug-likeness (QED) is 0.567. The highest BCUT2D eigenvalue weighted by Gasteiger charge is 2.12. The second-order valence-electron chi connectivity index (χ2n) is 6.69. The van der Waals surface area contributed by atoms with Gasteiger partial charge in [-0.15, -0.1) is 0 Å². The average Bonchev–Trinajstić information content (AvgIpc) is 2.79. The van der Waals surface area contributed by atoms with Gasteiger partial charge in [-0.3, -0.25) is 9.59 Å². The lowest BCUT2D eigenvalue weighted by Crippen LogP contribution is -2.33. The van der Waals surface area contributed by atoms with Gasteiger partial charge in [0.05, 0.1) is 19.2 Å². The predicted molar refractivity (Wildman–Crippen MR) is 116 cm³/mol. The van der Waals surface area contributed by atoms with Crippen LogP contribution in [-0.2, 0) is 9.53 Å². The van der Waals surface area contributed by atoms with Gasteiger partial charge in [-0.2, -0.15) is 0 Å². The molecule has 7 heteroatoms. The van der Waals surface area contributed by atoms with Crippen molar-refractivity contribution in [3.63, 3.8) is 0 Å². The third kappa shape index (κ3) is 5.93. The molecule has 31 heavy (non-hydrogen) atoms. The number of esters is 1. The van der Waals surface area contributed by atoms with E-state index in [0.29, 0.717) is 28.3 Å². The number of rotatable bonds is 7. The van der Waals surface area contributed by atoms with E-state index in [1.807, 2.05) is 30.3 Å². The minimum atomic E-state index is -0.497. The number of ether oxygens (including phenoxy) is 2. The van der Waals surface area contributed by atoms with Gasteiger partial charge in [-0.05, 0) is 61.0 Å². The molecule has 0 atom stereocenters. The molecule has 3 aromatic carbocycles. The molecule has 0 aliphatic carbocycles. The summed E-state index contributed by atoms with van der Waals surface area (Å²) in [4.78, 5) is 36.2. The van der Waals surface area contributed by atoms with Crippen LogP contribution in [0.1, 0.15) is 26.3 Å². The van der Waals surface area contributed by atoms with Gasteiger partial charge in [-0.25, -0.2) is 4.79 Å². The number of carbonyl (C=O) groups excluding carboxylic acids is 3. The van der Waals surface area contributed by atoms with Crippen molar-refractivity contribution < 1.29 is 23.9 Å². The summed E-state index contributed by atoms with van der Waals surface area (Å²) in [6.07, 6.45) is 0. The van der Waals surface area contributed by atoms with Crippen molar-refractivity contribution in [2.24, 2.45) is 0 Å². The zero-order valence-corrected chi connectivity index (χ0v) is 17.2. The molecule has 2 N–H and O–H groups in total. The number of para-hydroxylation sites is 1. The SMILES string of the molecule is COC(=O)c1ccc(C)c(NC(=O)CNC(=O)c2ccc(Oc3ccccc3)cc2)c1. The first-order chi connectivity index (χ1) is 15.0. The third-order valence-electron chi connectivity index (χ3n) is 4.44. The maximum absolute atomic E-state index is 12.3. The highest BCUT2D eigenvalue weighted by Crippen LogP contribution is 2.21. The highest BCUT2D eigenvalue weighted by molar-refractivity contribution is 6.00. The molecular formula is C24H22N2O5. The number of carbonyl (C=O) groups is 3. The van der Waals surface area contributed by atoms with E-state index in [2.05, 4.69) is 15.4 Å². The lowest BCUT2D eigenvalue weighted by Gasteiger charge is -2.11. The molecule has 0 saturated carbocycles. The average molecular weight is 418 g/mol. The summed E-state index contributed by atoms with van der Waals surface area (Å²) in [7, 11) is 1.29. The van der Waals surface area contributed by atoms with Crippen LogP contribution in [-0.4, -0.2) is 31.4 Å². The lowest BCUT2D eigenvalue weighted by molar-refractivity contribution is -0.115. The number of benzene rings is 3. The van der Waals surface area contributed by atoms with E-state index in [4.69, 9.17) is 4.74 Å². The first kappa shape index (κ1) is 21.6. The van der Waals surface area contributed by atoms with Crippen LogP contribution in [0.15, 0.2) is 72.8 Å². The van der Waals surface area contributed by atoms with Crippen LogP contribution in [0.25, 0.3) is 0 Å². The van der Waals surface area contributed by atoms with Gasteiger partial charge in [0, 0.05) is 11.3 Å². The number of hydrogen-bond acceptors (Lipinski definition) is 5. The van der Waals surface area contributed by atoms with Crippen LogP contribution in [0.4, 0.5) is 5.69 Å². The van der Waals surface area contributed by atoms with Crippen molar-refractivity contribution >= 4 is 23.5 Å². The van der Waals surface area contributed by atoms with E-state index < -0.39 is 11.9 Å². The van der Waals surface area contributed by atoms with E-state index >= 15 is 0 Å². The fourth-order valence-corrected chi connectivity index (χ4v) is 2.76. The number of hydrogen-bond donors (Lipinski definition) is 2. The Kier molecular flexibility index (Phi) is 7.01. The predicted octanol–water partition coefficient (Wildman–Crippen LogP) is 3.94. The Balaban J connectivity index is 1.54. The third-order valence-corrected chi connectivity index (χ3v) is 4.44. The second kappa shape index (κ2) is 10.1. The van der Waals surface area contributed by atoms with Gasteiger partial charge in [0.25, 0.3) is 5.91 Å². The summed E-state index contributed by atoms with van der Waals surface area (Å²) >= 11 is 0. The molecule has 0 unspecified atom stereocenters. The van der Waals surface area contributed by atoms with Crippen LogP contribution < -0.4 is 15.4 Å². The molecule has 3 aromatic rings. The molecule has 0 radical (unpaired) electrons. The summed E-state index contributed by atoms with van der Waals surface area (Å²) in [5.41, 5.74) is 1.98. The van der Waals surface area contributed by atoms with Crippen LogP contribution in [0, 0.1) is 6.92 Å². The Morgan fingerprint density at radius 1 is 0.839 bits per heavy atom. The normalized spacial score (nSPS) is 10.1. The molecule has 0 fully saturated rings. The van der Waals surface area contributed by atoms with E-state index in [1.165, 1.54) is 13.2 Å². The number of anilines is 1. The number of aryl methyl sites for hydroxylation is 1. The molecular weight excluding hydrogens is 396 g/mol. The smallest absolute Gasteiger partial charge is 0.337 e. The van der Waals surface area contributed by atoms with Gasteiger partial charge in [-0.1, -0.05) is 24.3 Å². The molecule has 0 bridgehead atoms. The first-order valence-corrected chi connectivity index (χ1v) is 9.56. The van der Waals surface area contributed by atoms with Crippen LogP contribution >= 0.6 is 0 Å². The first-order valence-electron chi connectivity index (χ1n) is 9.56. The fourth-order valence-electron chi connectivity index (χ4n) is 2.76. The van der Waals surface area contributed by atoms with Gasteiger partial charge in [0.15, 0.2) is 0 Å². The Hall–Kier alpha value is -4.13. The van der Waals surface area contributed by atoms with Crippen molar-refractivity contribution in [3.05, 3.63) is 89.5 Å². The molecule has 0 aliphatic heterocycles. The zero-order valence-electron chi connectivity index (χ0n) is 17.2. The van der Waals surface area contributed by atoms with Crippen molar-refractivity contribution in [1.82, 2.24) is 5.32 Å². The van der Waals surface area contributed by atoms with Crippen molar-refractivity contribution in [1.29, 1.82) is 0 Å². The Morgan fingerprint density at radius 2 is 1.48 bits per heavy atom. The maximum Gasteiger partial charge on any atom is 0.337 e. The number of amides is 2. The van der Waals surface area contributed by atoms with Crippen molar-refractivity contribution in [2.75, 3.05) is 19.0 Å². The van der Waals surface area contributed by atoms with E-state index in [-0.39, 0.29) is 12.5 Å². The highest BCUT2D eigenvalue weighted by atomic mass is 16.5. The molecule has 158 valence electrons. The van der Waals surface area contributed by atoms with Crippen LogP contribution in [0.5, 0.6) is 11.5 Å². The van der Waals surface area contributed by atoms with Crippen LogP contribution in [0.2, 0.25) is 0 Å². The second-order valence-corrected chi connectivity index (χ2v) is 6.69. The Morgan fingerprint density at radius 3 is 2.16 bits per heavy atom.